The van der Waals surface area contributed by atoms with Gasteiger partial charge in [-0.15, -0.1) is 0 Å². The maximum absolute atomic E-state index is 13.1. The Balaban J connectivity index is 1.74. The molecular formula is C19H27FN2O. The van der Waals surface area contributed by atoms with Crippen LogP contribution in [0.3, 0.4) is 0 Å². The van der Waals surface area contributed by atoms with E-state index in [0.29, 0.717) is 11.8 Å². The molecule has 2 aliphatic rings. The lowest BCUT2D eigenvalue weighted by molar-refractivity contribution is -0.128. The monoisotopic (exact) mass is 318 g/mol. The smallest absolute Gasteiger partial charge is 0.230 e. The van der Waals surface area contributed by atoms with E-state index in [1.165, 1.54) is 18.6 Å². The molecule has 3 nitrogen and oxygen atoms in total. The van der Waals surface area contributed by atoms with Crippen molar-refractivity contribution in [3.63, 3.8) is 0 Å². The van der Waals surface area contributed by atoms with Crippen LogP contribution in [0.25, 0.3) is 0 Å². The van der Waals surface area contributed by atoms with Crippen LogP contribution >= 0.6 is 0 Å². The lowest BCUT2D eigenvalue weighted by atomic mass is 9.66. The highest BCUT2D eigenvalue weighted by atomic mass is 19.1. The van der Waals surface area contributed by atoms with E-state index in [2.05, 4.69) is 5.32 Å². The molecular weight excluding hydrogens is 291 g/mol. The summed E-state index contributed by atoms with van der Waals surface area (Å²) in [5.74, 6) is 0.762. The molecule has 1 aromatic rings. The molecule has 23 heavy (non-hydrogen) atoms. The highest BCUT2D eigenvalue weighted by Gasteiger charge is 2.42. The maximum Gasteiger partial charge on any atom is 0.230 e. The van der Waals surface area contributed by atoms with Crippen molar-refractivity contribution in [2.24, 2.45) is 17.6 Å². The third-order valence-corrected chi connectivity index (χ3v) is 5.81. The molecule has 2 saturated carbocycles. The fraction of sp³-hybridized carbons (Fsp3) is 0.632. The number of benzene rings is 1. The van der Waals surface area contributed by atoms with Gasteiger partial charge < -0.3 is 11.1 Å². The fourth-order valence-corrected chi connectivity index (χ4v) is 4.35. The Hall–Kier alpha value is -1.42. The van der Waals surface area contributed by atoms with Gasteiger partial charge in [0.1, 0.15) is 5.82 Å². The molecule has 126 valence electrons. The summed E-state index contributed by atoms with van der Waals surface area (Å²) in [4.78, 5) is 12.9. The van der Waals surface area contributed by atoms with E-state index in [1.807, 2.05) is 13.8 Å². The van der Waals surface area contributed by atoms with Gasteiger partial charge in [0.2, 0.25) is 5.91 Å². The van der Waals surface area contributed by atoms with Crippen LogP contribution < -0.4 is 11.1 Å². The lowest BCUT2D eigenvalue weighted by Gasteiger charge is -2.46. The minimum absolute atomic E-state index is 0.0291. The standard InChI is InChI=1S/C19H27FN2O/c1-19(2,14-6-8-15(20)9-7-14)18(23)22-17-12-4-3-5-13(17)11-16(21)10-12/h6-9,12-13,16-17H,3-5,10-11,21H2,1-2H3,(H,22,23). The summed E-state index contributed by atoms with van der Waals surface area (Å²) in [5, 5.41) is 3.31. The van der Waals surface area contributed by atoms with Gasteiger partial charge in [-0.05, 0) is 69.1 Å². The molecule has 1 amide bonds. The minimum Gasteiger partial charge on any atom is -0.352 e. The molecule has 3 rings (SSSR count). The second kappa shape index (κ2) is 6.23. The third kappa shape index (κ3) is 3.27. The van der Waals surface area contributed by atoms with Gasteiger partial charge in [-0.2, -0.15) is 0 Å². The summed E-state index contributed by atoms with van der Waals surface area (Å²) in [6.07, 6.45) is 5.59. The Morgan fingerprint density at radius 2 is 1.74 bits per heavy atom. The van der Waals surface area contributed by atoms with Crippen LogP contribution in [0.1, 0.15) is 51.5 Å². The van der Waals surface area contributed by atoms with E-state index in [4.69, 9.17) is 5.73 Å². The summed E-state index contributed by atoms with van der Waals surface area (Å²) in [5.41, 5.74) is 6.34. The number of nitrogens with two attached hydrogens (primary N) is 1. The van der Waals surface area contributed by atoms with Gasteiger partial charge >= 0.3 is 0 Å². The summed E-state index contributed by atoms with van der Waals surface area (Å²) >= 11 is 0. The van der Waals surface area contributed by atoms with Crippen molar-refractivity contribution in [2.45, 2.75) is 63.5 Å². The van der Waals surface area contributed by atoms with Crippen molar-refractivity contribution in [3.8, 4) is 0 Å². The molecule has 0 aromatic heterocycles. The average Bonchev–Trinajstić information content (AvgIpc) is 2.48. The molecule has 0 spiro atoms. The first-order valence-electron chi connectivity index (χ1n) is 8.70. The summed E-state index contributed by atoms with van der Waals surface area (Å²) < 4.78 is 13.1. The summed E-state index contributed by atoms with van der Waals surface area (Å²) in [6, 6.07) is 6.76. The predicted octanol–water partition coefficient (Wildman–Crippen LogP) is 3.13. The van der Waals surface area contributed by atoms with Crippen molar-refractivity contribution in [1.29, 1.82) is 0 Å². The summed E-state index contributed by atoms with van der Waals surface area (Å²) in [6.45, 7) is 3.81. The molecule has 0 radical (unpaired) electrons. The molecule has 0 aliphatic heterocycles. The second-order valence-corrected chi connectivity index (χ2v) is 7.81. The predicted molar refractivity (Wildman–Crippen MR) is 89.4 cm³/mol. The van der Waals surface area contributed by atoms with E-state index in [1.54, 1.807) is 12.1 Å². The number of carbonyl (C=O) groups is 1. The van der Waals surface area contributed by atoms with E-state index >= 15 is 0 Å². The van der Waals surface area contributed by atoms with Crippen LogP contribution in [0, 0.1) is 17.7 Å². The molecule has 2 fully saturated rings. The molecule has 2 atom stereocenters. The Bertz CT molecular complexity index is 555. The highest BCUT2D eigenvalue weighted by Crippen LogP contribution is 2.40. The number of carbonyl (C=O) groups excluding carboxylic acids is 1. The van der Waals surface area contributed by atoms with Crippen molar-refractivity contribution >= 4 is 5.91 Å². The highest BCUT2D eigenvalue weighted by molar-refractivity contribution is 5.87. The van der Waals surface area contributed by atoms with Gasteiger partial charge in [-0.3, -0.25) is 4.79 Å². The van der Waals surface area contributed by atoms with Gasteiger partial charge in [-0.1, -0.05) is 18.6 Å². The van der Waals surface area contributed by atoms with E-state index < -0.39 is 5.41 Å². The second-order valence-electron chi connectivity index (χ2n) is 7.81. The molecule has 0 saturated heterocycles. The quantitative estimate of drug-likeness (QED) is 0.899. The zero-order chi connectivity index (χ0) is 16.6. The van der Waals surface area contributed by atoms with Crippen LogP contribution in [-0.2, 0) is 10.2 Å². The molecule has 4 heteroatoms. The van der Waals surface area contributed by atoms with Gasteiger partial charge in [0.25, 0.3) is 0 Å². The molecule has 0 heterocycles. The van der Waals surface area contributed by atoms with Crippen molar-refractivity contribution in [3.05, 3.63) is 35.6 Å². The molecule has 1 aromatic carbocycles. The Morgan fingerprint density at radius 1 is 1.17 bits per heavy atom. The van der Waals surface area contributed by atoms with Crippen LogP contribution in [0.5, 0.6) is 0 Å². The lowest BCUT2D eigenvalue weighted by Crippen LogP contribution is -2.56. The topological polar surface area (TPSA) is 55.1 Å². The van der Waals surface area contributed by atoms with Crippen LogP contribution in [0.4, 0.5) is 4.39 Å². The molecule has 2 aliphatic carbocycles. The van der Waals surface area contributed by atoms with Gasteiger partial charge in [-0.25, -0.2) is 4.39 Å². The number of fused-ring (bicyclic) bond motifs is 2. The number of rotatable bonds is 3. The minimum atomic E-state index is -0.665. The van der Waals surface area contributed by atoms with Gasteiger partial charge in [0.15, 0.2) is 0 Å². The molecule has 2 bridgehead atoms. The fourth-order valence-electron chi connectivity index (χ4n) is 4.35. The first kappa shape index (κ1) is 16.4. The number of nitrogens with one attached hydrogen (secondary N) is 1. The zero-order valence-electron chi connectivity index (χ0n) is 14.0. The van der Waals surface area contributed by atoms with Crippen molar-refractivity contribution < 1.29 is 9.18 Å². The zero-order valence-corrected chi connectivity index (χ0v) is 14.0. The Morgan fingerprint density at radius 3 is 2.30 bits per heavy atom. The largest absolute Gasteiger partial charge is 0.352 e. The van der Waals surface area contributed by atoms with Gasteiger partial charge in [0, 0.05) is 12.1 Å². The Labute approximate surface area is 137 Å². The number of amides is 1. The number of halogens is 1. The summed E-state index contributed by atoms with van der Waals surface area (Å²) in [7, 11) is 0. The van der Waals surface area contributed by atoms with E-state index in [-0.39, 0.29) is 23.8 Å². The van der Waals surface area contributed by atoms with Crippen molar-refractivity contribution in [2.75, 3.05) is 0 Å². The average molecular weight is 318 g/mol. The first-order valence-corrected chi connectivity index (χ1v) is 8.70. The van der Waals surface area contributed by atoms with Gasteiger partial charge in [0.05, 0.1) is 5.41 Å². The van der Waals surface area contributed by atoms with Crippen molar-refractivity contribution in [1.82, 2.24) is 5.32 Å². The number of hydrogen-bond acceptors (Lipinski definition) is 2. The number of hydrogen-bond donors (Lipinski definition) is 2. The van der Waals surface area contributed by atoms with Crippen LogP contribution in [-0.4, -0.2) is 18.0 Å². The first-order chi connectivity index (χ1) is 10.9. The Kier molecular flexibility index (Phi) is 4.45. The maximum atomic E-state index is 13.1. The van der Waals surface area contributed by atoms with E-state index in [9.17, 15) is 9.18 Å². The molecule has 3 N–H and O–H groups in total. The van der Waals surface area contributed by atoms with Crippen LogP contribution in [0.15, 0.2) is 24.3 Å². The molecule has 2 unspecified atom stereocenters. The van der Waals surface area contributed by atoms with Crippen LogP contribution in [0.2, 0.25) is 0 Å². The third-order valence-electron chi connectivity index (χ3n) is 5.81. The SMILES string of the molecule is CC(C)(C(=O)NC1C2CCCC1CC(N)C2)c1ccc(F)cc1. The normalized spacial score (nSPS) is 30.8. The van der Waals surface area contributed by atoms with E-state index in [0.717, 1.165) is 31.2 Å².